The van der Waals surface area contributed by atoms with E-state index in [9.17, 15) is 4.79 Å². The summed E-state index contributed by atoms with van der Waals surface area (Å²) in [6.07, 6.45) is 1.62. The zero-order chi connectivity index (χ0) is 19.5. The van der Waals surface area contributed by atoms with Crippen molar-refractivity contribution < 1.29 is 14.3 Å². The second-order valence-corrected chi connectivity index (χ2v) is 6.74. The van der Waals surface area contributed by atoms with Crippen LogP contribution in [0, 0.1) is 13.8 Å². The molecule has 2 heterocycles. The average molecular weight is 375 g/mol. The zero-order valence-corrected chi connectivity index (χ0v) is 15.8. The number of carbonyl (C=O) groups is 1. The Hall–Kier alpha value is -3.54. The lowest BCUT2D eigenvalue weighted by Gasteiger charge is -2.11. The van der Waals surface area contributed by atoms with Gasteiger partial charge in [0.05, 0.1) is 0 Å². The van der Waals surface area contributed by atoms with Crippen LogP contribution in [0.15, 0.2) is 54.7 Å². The molecule has 1 aliphatic heterocycles. The number of fused-ring (bicyclic) bond motifs is 1. The highest BCUT2D eigenvalue weighted by atomic mass is 16.7. The largest absolute Gasteiger partial charge is 0.454 e. The van der Waals surface area contributed by atoms with Crippen molar-refractivity contribution in [1.82, 2.24) is 4.98 Å². The number of amides is 1. The van der Waals surface area contributed by atoms with Gasteiger partial charge in [0.15, 0.2) is 11.5 Å². The Labute approximate surface area is 163 Å². The number of carbonyl (C=O) groups excluding carboxylic acids is 1. The first-order valence-corrected chi connectivity index (χ1v) is 9.05. The van der Waals surface area contributed by atoms with Gasteiger partial charge < -0.3 is 20.1 Å². The molecule has 0 bridgehead atoms. The number of hydrogen-bond donors (Lipinski definition) is 2. The Morgan fingerprint density at radius 3 is 2.75 bits per heavy atom. The maximum absolute atomic E-state index is 12.6. The third-order valence-corrected chi connectivity index (χ3v) is 4.56. The SMILES string of the molecule is Cc1ccc(NC(=O)c2ccnc(NCc3ccc4c(c3)OCO4)c2)c(C)c1. The molecule has 1 amide bonds. The number of hydrogen-bond acceptors (Lipinski definition) is 5. The highest BCUT2D eigenvalue weighted by Gasteiger charge is 2.13. The molecule has 3 aromatic rings. The van der Waals surface area contributed by atoms with Gasteiger partial charge in [-0.05, 0) is 55.3 Å². The predicted molar refractivity (Wildman–Crippen MR) is 108 cm³/mol. The predicted octanol–water partition coefficient (Wildman–Crippen LogP) is 4.29. The molecule has 0 unspecified atom stereocenters. The highest BCUT2D eigenvalue weighted by Crippen LogP contribution is 2.32. The fraction of sp³-hybridized carbons (Fsp3) is 0.182. The van der Waals surface area contributed by atoms with Gasteiger partial charge in [-0.1, -0.05) is 23.8 Å². The highest BCUT2D eigenvalue weighted by molar-refractivity contribution is 6.05. The fourth-order valence-corrected chi connectivity index (χ4v) is 3.06. The molecule has 0 spiro atoms. The van der Waals surface area contributed by atoms with Crippen LogP contribution in [0.1, 0.15) is 27.0 Å². The smallest absolute Gasteiger partial charge is 0.255 e. The molecule has 142 valence electrons. The Morgan fingerprint density at radius 2 is 1.89 bits per heavy atom. The number of pyridine rings is 1. The zero-order valence-electron chi connectivity index (χ0n) is 15.8. The van der Waals surface area contributed by atoms with Crippen molar-refractivity contribution >= 4 is 17.4 Å². The molecule has 2 aromatic carbocycles. The maximum Gasteiger partial charge on any atom is 0.255 e. The van der Waals surface area contributed by atoms with Gasteiger partial charge in [0.2, 0.25) is 6.79 Å². The molecule has 0 atom stereocenters. The number of nitrogens with one attached hydrogen (secondary N) is 2. The number of aryl methyl sites for hydroxylation is 2. The van der Waals surface area contributed by atoms with Crippen molar-refractivity contribution in [3.8, 4) is 11.5 Å². The molecule has 4 rings (SSSR count). The van der Waals surface area contributed by atoms with Crippen molar-refractivity contribution in [3.05, 3.63) is 77.0 Å². The molecule has 1 aromatic heterocycles. The molecule has 0 fully saturated rings. The van der Waals surface area contributed by atoms with E-state index in [1.165, 1.54) is 0 Å². The number of benzene rings is 2. The van der Waals surface area contributed by atoms with Crippen molar-refractivity contribution in [1.29, 1.82) is 0 Å². The van der Waals surface area contributed by atoms with E-state index in [1.54, 1.807) is 18.3 Å². The van der Waals surface area contributed by atoms with Crippen molar-refractivity contribution in [3.63, 3.8) is 0 Å². The summed E-state index contributed by atoms with van der Waals surface area (Å²) in [6, 6.07) is 15.2. The van der Waals surface area contributed by atoms with Gasteiger partial charge in [-0.3, -0.25) is 4.79 Å². The van der Waals surface area contributed by atoms with Gasteiger partial charge in [-0.25, -0.2) is 4.98 Å². The topological polar surface area (TPSA) is 72.5 Å². The summed E-state index contributed by atoms with van der Waals surface area (Å²) in [4.78, 5) is 16.9. The quantitative estimate of drug-likeness (QED) is 0.696. The Balaban J connectivity index is 1.43. The molecular weight excluding hydrogens is 354 g/mol. The minimum atomic E-state index is -0.166. The lowest BCUT2D eigenvalue weighted by molar-refractivity contribution is 0.102. The first-order valence-electron chi connectivity index (χ1n) is 9.05. The van der Waals surface area contributed by atoms with Gasteiger partial charge in [0.25, 0.3) is 5.91 Å². The minimum Gasteiger partial charge on any atom is -0.454 e. The average Bonchev–Trinajstić information content (AvgIpc) is 3.16. The van der Waals surface area contributed by atoms with E-state index < -0.39 is 0 Å². The van der Waals surface area contributed by atoms with Crippen LogP contribution in [0.3, 0.4) is 0 Å². The number of rotatable bonds is 5. The molecule has 6 heteroatoms. The van der Waals surface area contributed by atoms with Gasteiger partial charge in [0.1, 0.15) is 5.82 Å². The van der Waals surface area contributed by atoms with Crippen LogP contribution in [0.4, 0.5) is 11.5 Å². The maximum atomic E-state index is 12.6. The number of ether oxygens (including phenoxy) is 2. The summed E-state index contributed by atoms with van der Waals surface area (Å²) >= 11 is 0. The normalized spacial score (nSPS) is 11.9. The van der Waals surface area contributed by atoms with Crippen molar-refractivity contribution in [2.45, 2.75) is 20.4 Å². The monoisotopic (exact) mass is 375 g/mol. The van der Waals surface area contributed by atoms with Crippen LogP contribution in [0.25, 0.3) is 0 Å². The molecule has 1 aliphatic rings. The van der Waals surface area contributed by atoms with Crippen LogP contribution in [0.2, 0.25) is 0 Å². The van der Waals surface area contributed by atoms with E-state index in [2.05, 4.69) is 15.6 Å². The Morgan fingerprint density at radius 1 is 1.04 bits per heavy atom. The summed E-state index contributed by atoms with van der Waals surface area (Å²) in [6.45, 7) is 4.82. The molecule has 28 heavy (non-hydrogen) atoms. The lowest BCUT2D eigenvalue weighted by atomic mass is 10.1. The molecule has 2 N–H and O–H groups in total. The first kappa shape index (κ1) is 17.9. The molecule has 0 aliphatic carbocycles. The number of aromatic nitrogens is 1. The van der Waals surface area contributed by atoms with E-state index in [0.29, 0.717) is 17.9 Å². The summed E-state index contributed by atoms with van der Waals surface area (Å²) in [5.41, 5.74) is 4.58. The molecule has 0 radical (unpaired) electrons. The van der Waals surface area contributed by atoms with Crippen LogP contribution in [-0.2, 0) is 6.54 Å². The summed E-state index contributed by atoms with van der Waals surface area (Å²) in [5.74, 6) is 1.97. The van der Waals surface area contributed by atoms with Gasteiger partial charge in [-0.15, -0.1) is 0 Å². The first-order chi connectivity index (χ1) is 13.6. The van der Waals surface area contributed by atoms with Gasteiger partial charge in [0, 0.05) is 24.0 Å². The number of anilines is 2. The fourth-order valence-electron chi connectivity index (χ4n) is 3.06. The van der Waals surface area contributed by atoms with Gasteiger partial charge in [-0.2, -0.15) is 0 Å². The molecular formula is C22H21N3O3. The molecule has 0 saturated heterocycles. The van der Waals surface area contributed by atoms with Gasteiger partial charge >= 0.3 is 0 Å². The standard InChI is InChI=1S/C22H21N3O3/c1-14-3-5-18(15(2)9-14)25-22(26)17-7-8-23-21(11-17)24-12-16-4-6-19-20(10-16)28-13-27-19/h3-11H,12-13H2,1-2H3,(H,23,24)(H,25,26). The van der Waals surface area contributed by atoms with Crippen LogP contribution in [-0.4, -0.2) is 17.7 Å². The van der Waals surface area contributed by atoms with Crippen LogP contribution < -0.4 is 20.1 Å². The second kappa shape index (κ2) is 7.60. The number of nitrogens with zero attached hydrogens (tertiary/aromatic N) is 1. The second-order valence-electron chi connectivity index (χ2n) is 6.74. The summed E-state index contributed by atoms with van der Waals surface area (Å²) < 4.78 is 10.7. The van der Waals surface area contributed by atoms with E-state index >= 15 is 0 Å². The lowest BCUT2D eigenvalue weighted by Crippen LogP contribution is -2.13. The molecule has 6 nitrogen and oxygen atoms in total. The van der Waals surface area contributed by atoms with E-state index in [0.717, 1.165) is 33.9 Å². The molecule has 0 saturated carbocycles. The Bertz CT molecular complexity index is 1030. The van der Waals surface area contributed by atoms with Crippen LogP contribution in [0.5, 0.6) is 11.5 Å². The van der Waals surface area contributed by atoms with E-state index in [4.69, 9.17) is 9.47 Å². The summed E-state index contributed by atoms with van der Waals surface area (Å²) in [7, 11) is 0. The van der Waals surface area contributed by atoms with Crippen molar-refractivity contribution in [2.75, 3.05) is 17.4 Å². The van der Waals surface area contributed by atoms with E-state index in [1.807, 2.05) is 50.2 Å². The minimum absolute atomic E-state index is 0.166. The summed E-state index contributed by atoms with van der Waals surface area (Å²) in [5, 5.41) is 6.20. The third-order valence-electron chi connectivity index (χ3n) is 4.56. The third kappa shape index (κ3) is 3.91. The Kier molecular flexibility index (Phi) is 4.85. The van der Waals surface area contributed by atoms with Crippen LogP contribution >= 0.6 is 0 Å². The van der Waals surface area contributed by atoms with Crippen molar-refractivity contribution in [2.24, 2.45) is 0 Å². The van der Waals surface area contributed by atoms with E-state index in [-0.39, 0.29) is 12.7 Å².